The van der Waals surface area contributed by atoms with E-state index in [2.05, 4.69) is 46.8 Å². The topological polar surface area (TPSA) is 17.1 Å². The third-order valence-electron chi connectivity index (χ3n) is 3.38. The Kier molecular flexibility index (Phi) is 3.75. The minimum Gasteiger partial charge on any atom is -0.299 e. The van der Waals surface area contributed by atoms with Crippen molar-refractivity contribution in [2.45, 2.75) is 47.5 Å². The normalized spacial score (nSPS) is 29.5. The number of carbonyl (C=O) groups is 1. The molecular formula is C14H24O. The average molecular weight is 208 g/mol. The van der Waals surface area contributed by atoms with Gasteiger partial charge in [0.2, 0.25) is 0 Å². The van der Waals surface area contributed by atoms with Gasteiger partial charge in [0.05, 0.1) is 0 Å². The summed E-state index contributed by atoms with van der Waals surface area (Å²) in [5.41, 5.74) is 0.0453. The zero-order valence-electron chi connectivity index (χ0n) is 10.7. The molecule has 1 nitrogen and oxygen atoms in total. The van der Waals surface area contributed by atoms with Crippen LogP contribution in [0.25, 0.3) is 0 Å². The number of allylic oxidation sites excluding steroid dienone is 2. The van der Waals surface area contributed by atoms with Crippen LogP contribution in [-0.4, -0.2) is 5.78 Å². The van der Waals surface area contributed by atoms with E-state index in [0.717, 1.165) is 12.8 Å². The van der Waals surface area contributed by atoms with Crippen LogP contribution in [0.15, 0.2) is 12.2 Å². The summed E-state index contributed by atoms with van der Waals surface area (Å²) in [6.07, 6.45) is 6.23. The van der Waals surface area contributed by atoms with Crippen LogP contribution in [0.3, 0.4) is 0 Å². The second kappa shape index (κ2) is 4.51. The Morgan fingerprint density at radius 2 is 2.07 bits per heavy atom. The van der Waals surface area contributed by atoms with Gasteiger partial charge in [-0.3, -0.25) is 4.79 Å². The molecule has 1 heteroatoms. The lowest BCUT2D eigenvalue weighted by Gasteiger charge is -2.38. The van der Waals surface area contributed by atoms with Gasteiger partial charge in [-0.1, -0.05) is 46.8 Å². The predicted octanol–water partition coefficient (Wildman–Crippen LogP) is 3.84. The van der Waals surface area contributed by atoms with Crippen molar-refractivity contribution >= 4 is 5.78 Å². The molecule has 0 saturated carbocycles. The molecule has 1 aliphatic rings. The number of hydrogen-bond acceptors (Lipinski definition) is 1. The lowest BCUT2D eigenvalue weighted by atomic mass is 9.65. The molecule has 1 rings (SSSR count). The Morgan fingerprint density at radius 3 is 2.53 bits per heavy atom. The van der Waals surface area contributed by atoms with Crippen LogP contribution >= 0.6 is 0 Å². The van der Waals surface area contributed by atoms with E-state index in [-0.39, 0.29) is 11.3 Å². The first-order valence-corrected chi connectivity index (χ1v) is 6.05. The van der Waals surface area contributed by atoms with E-state index in [0.29, 0.717) is 17.6 Å². The summed E-state index contributed by atoms with van der Waals surface area (Å²) >= 11 is 0. The highest BCUT2D eigenvalue weighted by Crippen LogP contribution is 2.41. The Balaban J connectivity index is 2.81. The summed E-state index contributed by atoms with van der Waals surface area (Å²) in [5, 5.41) is 0. The maximum Gasteiger partial charge on any atom is 0.137 e. The Morgan fingerprint density at radius 1 is 1.47 bits per heavy atom. The fourth-order valence-electron chi connectivity index (χ4n) is 2.82. The molecule has 0 aromatic carbocycles. The number of ketones is 1. The van der Waals surface area contributed by atoms with E-state index in [9.17, 15) is 4.79 Å². The number of carbonyl (C=O) groups excluding carboxylic acids is 1. The minimum atomic E-state index is 0.0453. The average Bonchev–Trinajstić information content (AvgIpc) is 1.99. The molecule has 0 bridgehead atoms. The molecule has 0 amide bonds. The Hall–Kier alpha value is -0.590. The summed E-state index contributed by atoms with van der Waals surface area (Å²) < 4.78 is 0. The maximum absolute atomic E-state index is 12.2. The van der Waals surface area contributed by atoms with Gasteiger partial charge >= 0.3 is 0 Å². The molecule has 1 aliphatic carbocycles. The van der Waals surface area contributed by atoms with Gasteiger partial charge in [-0.15, -0.1) is 0 Å². The summed E-state index contributed by atoms with van der Waals surface area (Å²) in [5.74, 6) is 1.64. The Labute approximate surface area is 93.9 Å². The van der Waals surface area contributed by atoms with Gasteiger partial charge in [0.15, 0.2) is 0 Å². The van der Waals surface area contributed by atoms with E-state index >= 15 is 0 Å². The van der Waals surface area contributed by atoms with Crippen LogP contribution in [0.5, 0.6) is 0 Å². The fraction of sp³-hybridized carbons (Fsp3) is 0.786. The van der Waals surface area contributed by atoms with E-state index < -0.39 is 0 Å². The van der Waals surface area contributed by atoms with Crippen molar-refractivity contribution in [2.24, 2.45) is 23.2 Å². The van der Waals surface area contributed by atoms with E-state index in [1.165, 1.54) is 0 Å². The third-order valence-corrected chi connectivity index (χ3v) is 3.38. The molecule has 86 valence electrons. The third kappa shape index (κ3) is 2.93. The van der Waals surface area contributed by atoms with Gasteiger partial charge in [0.25, 0.3) is 0 Å². The zero-order chi connectivity index (χ0) is 11.6. The standard InChI is InChI=1S/C14H24O/c1-10(2)9-12(15)13-11(3)7-6-8-14(13,4)5/h6,8,10-11,13H,7,9H2,1-5H3. The maximum atomic E-state index is 12.2. The van der Waals surface area contributed by atoms with E-state index in [4.69, 9.17) is 0 Å². The van der Waals surface area contributed by atoms with Crippen LogP contribution in [0, 0.1) is 23.2 Å². The van der Waals surface area contributed by atoms with Crippen LogP contribution in [0.1, 0.15) is 47.5 Å². The van der Waals surface area contributed by atoms with E-state index in [1.54, 1.807) is 0 Å². The molecule has 0 radical (unpaired) electrons. The number of rotatable bonds is 3. The zero-order valence-corrected chi connectivity index (χ0v) is 10.7. The van der Waals surface area contributed by atoms with Gasteiger partial charge in [-0.05, 0) is 23.7 Å². The molecular weight excluding hydrogens is 184 g/mol. The molecule has 0 N–H and O–H groups in total. The fourth-order valence-corrected chi connectivity index (χ4v) is 2.82. The van der Waals surface area contributed by atoms with E-state index in [1.807, 2.05) is 0 Å². The van der Waals surface area contributed by atoms with Gasteiger partial charge in [-0.25, -0.2) is 0 Å². The smallest absolute Gasteiger partial charge is 0.137 e. The second-order valence-corrected chi connectivity index (χ2v) is 5.98. The SMILES string of the molecule is CC(C)CC(=O)C1C(C)CC=CC1(C)C. The Bertz CT molecular complexity index is 261. The van der Waals surface area contributed by atoms with Gasteiger partial charge in [-0.2, -0.15) is 0 Å². The summed E-state index contributed by atoms with van der Waals surface area (Å²) in [6, 6.07) is 0. The van der Waals surface area contributed by atoms with Crippen LogP contribution in [-0.2, 0) is 4.79 Å². The number of hydrogen-bond donors (Lipinski definition) is 0. The lowest BCUT2D eigenvalue weighted by molar-refractivity contribution is -0.128. The van der Waals surface area contributed by atoms with Crippen molar-refractivity contribution in [3.8, 4) is 0 Å². The van der Waals surface area contributed by atoms with Crippen molar-refractivity contribution in [2.75, 3.05) is 0 Å². The first kappa shape index (κ1) is 12.5. The highest BCUT2D eigenvalue weighted by atomic mass is 16.1. The van der Waals surface area contributed by atoms with Crippen molar-refractivity contribution in [1.82, 2.24) is 0 Å². The second-order valence-electron chi connectivity index (χ2n) is 5.98. The predicted molar refractivity (Wildman–Crippen MR) is 64.7 cm³/mol. The molecule has 0 spiro atoms. The van der Waals surface area contributed by atoms with Crippen molar-refractivity contribution < 1.29 is 4.79 Å². The molecule has 0 heterocycles. The van der Waals surface area contributed by atoms with Crippen LogP contribution in [0.2, 0.25) is 0 Å². The van der Waals surface area contributed by atoms with Crippen molar-refractivity contribution in [3.63, 3.8) is 0 Å². The molecule has 0 aliphatic heterocycles. The van der Waals surface area contributed by atoms with Crippen LogP contribution in [0.4, 0.5) is 0 Å². The molecule has 0 aromatic rings. The first-order chi connectivity index (χ1) is 6.84. The lowest BCUT2D eigenvalue weighted by Crippen LogP contribution is -2.37. The van der Waals surface area contributed by atoms with Crippen molar-refractivity contribution in [3.05, 3.63) is 12.2 Å². The largest absolute Gasteiger partial charge is 0.299 e. The van der Waals surface area contributed by atoms with Gasteiger partial charge in [0, 0.05) is 12.3 Å². The van der Waals surface area contributed by atoms with Gasteiger partial charge in [0.1, 0.15) is 5.78 Å². The summed E-state index contributed by atoms with van der Waals surface area (Å²) in [6.45, 7) is 10.8. The molecule has 0 aromatic heterocycles. The van der Waals surface area contributed by atoms with Crippen LogP contribution < -0.4 is 0 Å². The molecule has 15 heavy (non-hydrogen) atoms. The summed E-state index contributed by atoms with van der Waals surface area (Å²) in [7, 11) is 0. The highest BCUT2D eigenvalue weighted by Gasteiger charge is 2.38. The quantitative estimate of drug-likeness (QED) is 0.644. The monoisotopic (exact) mass is 208 g/mol. The number of Topliss-reactive ketones (excluding diaryl/α,β-unsaturated/α-hetero) is 1. The minimum absolute atomic E-state index is 0.0453. The first-order valence-electron chi connectivity index (χ1n) is 6.05. The molecule has 2 unspecified atom stereocenters. The summed E-state index contributed by atoms with van der Waals surface area (Å²) in [4.78, 5) is 12.2. The molecule has 0 saturated heterocycles. The molecule has 0 fully saturated rings. The molecule has 2 atom stereocenters. The highest BCUT2D eigenvalue weighted by molar-refractivity contribution is 5.82. The van der Waals surface area contributed by atoms with Gasteiger partial charge < -0.3 is 0 Å². The van der Waals surface area contributed by atoms with Crippen molar-refractivity contribution in [1.29, 1.82) is 0 Å².